The van der Waals surface area contributed by atoms with Gasteiger partial charge in [-0.25, -0.2) is 0 Å². The lowest BCUT2D eigenvalue weighted by Gasteiger charge is -2.31. The molecule has 1 N–H and O–H groups in total. The van der Waals surface area contributed by atoms with Gasteiger partial charge in [0.1, 0.15) is 0 Å². The Balaban J connectivity index is 1.73. The van der Waals surface area contributed by atoms with Crippen LogP contribution in [0.15, 0.2) is 18.2 Å². The minimum absolute atomic E-state index is 0.472. The molecule has 1 saturated carbocycles. The predicted octanol–water partition coefficient (Wildman–Crippen LogP) is 3.05. The molecule has 2 fully saturated rings. The SMILES string of the molecule is CNC(CN1CC2CCC1C2)c1ccc(C)cc1C. The van der Waals surface area contributed by atoms with Crippen molar-refractivity contribution in [1.29, 1.82) is 0 Å². The molecule has 0 aromatic heterocycles. The number of hydrogen-bond acceptors (Lipinski definition) is 2. The van der Waals surface area contributed by atoms with E-state index in [1.165, 1.54) is 49.0 Å². The Morgan fingerprint density at radius 2 is 2.16 bits per heavy atom. The molecule has 1 aromatic carbocycles. The third-order valence-corrected chi connectivity index (χ3v) is 5.09. The zero-order valence-electron chi connectivity index (χ0n) is 12.4. The lowest BCUT2D eigenvalue weighted by molar-refractivity contribution is 0.194. The Morgan fingerprint density at radius 3 is 2.74 bits per heavy atom. The van der Waals surface area contributed by atoms with Gasteiger partial charge in [-0.3, -0.25) is 4.90 Å². The van der Waals surface area contributed by atoms with Crippen LogP contribution in [0.5, 0.6) is 0 Å². The van der Waals surface area contributed by atoms with Crippen LogP contribution in [0.25, 0.3) is 0 Å². The fourth-order valence-corrected chi connectivity index (χ4v) is 4.05. The van der Waals surface area contributed by atoms with E-state index in [1.54, 1.807) is 0 Å². The zero-order valence-corrected chi connectivity index (χ0v) is 12.4. The summed E-state index contributed by atoms with van der Waals surface area (Å²) < 4.78 is 0. The largest absolute Gasteiger partial charge is 0.312 e. The molecule has 1 aliphatic heterocycles. The second kappa shape index (κ2) is 5.26. The highest BCUT2D eigenvalue weighted by atomic mass is 15.2. The topological polar surface area (TPSA) is 15.3 Å². The molecule has 1 saturated heterocycles. The Hall–Kier alpha value is -0.860. The highest BCUT2D eigenvalue weighted by Gasteiger charge is 2.38. The van der Waals surface area contributed by atoms with Crippen LogP contribution in [0, 0.1) is 19.8 Å². The summed E-state index contributed by atoms with van der Waals surface area (Å²) in [6.45, 7) is 6.91. The predicted molar refractivity (Wildman–Crippen MR) is 80.4 cm³/mol. The molecule has 0 radical (unpaired) electrons. The van der Waals surface area contributed by atoms with Gasteiger partial charge in [0.25, 0.3) is 0 Å². The molecule has 2 bridgehead atoms. The molecular formula is C17H26N2. The summed E-state index contributed by atoms with van der Waals surface area (Å²) in [7, 11) is 2.10. The molecule has 104 valence electrons. The van der Waals surface area contributed by atoms with Crippen molar-refractivity contribution in [2.45, 2.75) is 45.2 Å². The maximum atomic E-state index is 3.52. The lowest BCUT2D eigenvalue weighted by atomic mass is 9.98. The summed E-state index contributed by atoms with van der Waals surface area (Å²) in [6.07, 6.45) is 4.34. The Bertz CT molecular complexity index is 455. The third-order valence-electron chi connectivity index (χ3n) is 5.09. The summed E-state index contributed by atoms with van der Waals surface area (Å²) in [5, 5.41) is 3.52. The first-order chi connectivity index (χ1) is 9.17. The van der Waals surface area contributed by atoms with Gasteiger partial charge in [-0.05, 0) is 57.2 Å². The van der Waals surface area contributed by atoms with Crippen LogP contribution >= 0.6 is 0 Å². The van der Waals surface area contributed by atoms with E-state index in [0.29, 0.717) is 6.04 Å². The van der Waals surface area contributed by atoms with Crippen molar-refractivity contribution < 1.29 is 0 Å². The highest BCUT2D eigenvalue weighted by Crippen LogP contribution is 2.38. The van der Waals surface area contributed by atoms with Gasteiger partial charge in [-0.1, -0.05) is 23.8 Å². The van der Waals surface area contributed by atoms with Gasteiger partial charge >= 0.3 is 0 Å². The normalized spacial score (nSPS) is 27.9. The summed E-state index contributed by atoms with van der Waals surface area (Å²) in [5.41, 5.74) is 4.25. The molecule has 1 aromatic rings. The quantitative estimate of drug-likeness (QED) is 0.893. The number of piperidine rings is 1. The van der Waals surface area contributed by atoms with Crippen LogP contribution in [0.4, 0.5) is 0 Å². The fraction of sp³-hybridized carbons (Fsp3) is 0.647. The number of hydrogen-bond donors (Lipinski definition) is 1. The van der Waals surface area contributed by atoms with Crippen molar-refractivity contribution in [3.63, 3.8) is 0 Å². The third kappa shape index (κ3) is 2.56. The summed E-state index contributed by atoms with van der Waals surface area (Å²) in [5.74, 6) is 0.988. The van der Waals surface area contributed by atoms with Crippen LogP contribution in [-0.4, -0.2) is 31.1 Å². The standard InChI is InChI=1S/C17H26N2/c1-12-4-7-16(13(2)8-12)17(18-3)11-19-10-14-5-6-15(19)9-14/h4,7-8,14-15,17-18H,5-6,9-11H2,1-3H3. The number of likely N-dealkylation sites (N-methyl/N-ethyl adjacent to an activating group) is 1. The monoisotopic (exact) mass is 258 g/mol. The Labute approximate surface area is 117 Å². The van der Waals surface area contributed by atoms with E-state index in [4.69, 9.17) is 0 Å². The number of fused-ring (bicyclic) bond motifs is 2. The molecule has 0 spiro atoms. The molecule has 2 nitrogen and oxygen atoms in total. The number of rotatable bonds is 4. The maximum absolute atomic E-state index is 3.52. The van der Waals surface area contributed by atoms with E-state index in [9.17, 15) is 0 Å². The number of nitrogens with one attached hydrogen (secondary N) is 1. The van der Waals surface area contributed by atoms with E-state index in [-0.39, 0.29) is 0 Å². The second-order valence-corrected chi connectivity index (χ2v) is 6.49. The minimum Gasteiger partial charge on any atom is -0.312 e. The molecular weight excluding hydrogens is 232 g/mol. The first kappa shape index (κ1) is 13.1. The minimum atomic E-state index is 0.472. The lowest BCUT2D eigenvalue weighted by Crippen LogP contribution is -2.39. The van der Waals surface area contributed by atoms with Crippen molar-refractivity contribution in [1.82, 2.24) is 10.2 Å². The van der Waals surface area contributed by atoms with Gasteiger partial charge in [0.05, 0.1) is 0 Å². The van der Waals surface area contributed by atoms with Gasteiger partial charge in [-0.15, -0.1) is 0 Å². The van der Waals surface area contributed by atoms with E-state index in [1.807, 2.05) is 0 Å². The van der Waals surface area contributed by atoms with Crippen molar-refractivity contribution in [2.75, 3.05) is 20.1 Å². The molecule has 1 aliphatic carbocycles. The van der Waals surface area contributed by atoms with Crippen molar-refractivity contribution in [2.24, 2.45) is 5.92 Å². The molecule has 0 amide bonds. The van der Waals surface area contributed by atoms with Crippen LogP contribution in [0.2, 0.25) is 0 Å². The molecule has 3 unspecified atom stereocenters. The van der Waals surface area contributed by atoms with Crippen LogP contribution < -0.4 is 5.32 Å². The Kier molecular flexibility index (Phi) is 3.64. The van der Waals surface area contributed by atoms with Crippen molar-refractivity contribution in [3.05, 3.63) is 34.9 Å². The fourth-order valence-electron chi connectivity index (χ4n) is 4.05. The van der Waals surface area contributed by atoms with Crippen molar-refractivity contribution >= 4 is 0 Å². The smallest absolute Gasteiger partial charge is 0.0449 e. The van der Waals surface area contributed by atoms with Crippen LogP contribution in [0.1, 0.15) is 42.0 Å². The first-order valence-electron chi connectivity index (χ1n) is 7.66. The highest BCUT2D eigenvalue weighted by molar-refractivity contribution is 5.33. The Morgan fingerprint density at radius 1 is 1.32 bits per heavy atom. The van der Waals surface area contributed by atoms with Crippen LogP contribution in [0.3, 0.4) is 0 Å². The summed E-state index contributed by atoms with van der Waals surface area (Å²) >= 11 is 0. The molecule has 19 heavy (non-hydrogen) atoms. The van der Waals surface area contributed by atoms with E-state index < -0.39 is 0 Å². The van der Waals surface area contributed by atoms with Gasteiger partial charge in [-0.2, -0.15) is 0 Å². The molecule has 3 atom stereocenters. The molecule has 2 heteroatoms. The van der Waals surface area contributed by atoms with Crippen LogP contribution in [-0.2, 0) is 0 Å². The maximum Gasteiger partial charge on any atom is 0.0449 e. The molecule has 2 aliphatic rings. The number of likely N-dealkylation sites (tertiary alicyclic amines) is 1. The van der Waals surface area contributed by atoms with Gasteiger partial charge in [0.15, 0.2) is 0 Å². The number of nitrogens with zero attached hydrogens (tertiary/aromatic N) is 1. The molecule has 3 rings (SSSR count). The zero-order chi connectivity index (χ0) is 13.4. The first-order valence-corrected chi connectivity index (χ1v) is 7.66. The molecule has 1 heterocycles. The summed E-state index contributed by atoms with van der Waals surface area (Å²) in [6, 6.07) is 8.19. The summed E-state index contributed by atoms with van der Waals surface area (Å²) in [4.78, 5) is 2.72. The average Bonchev–Trinajstić information content (AvgIpc) is 2.99. The van der Waals surface area contributed by atoms with Gasteiger partial charge in [0, 0.05) is 25.2 Å². The van der Waals surface area contributed by atoms with Crippen molar-refractivity contribution in [3.8, 4) is 0 Å². The average molecular weight is 258 g/mol. The van der Waals surface area contributed by atoms with Gasteiger partial charge < -0.3 is 5.32 Å². The number of benzene rings is 1. The number of aryl methyl sites for hydroxylation is 2. The van der Waals surface area contributed by atoms with E-state index >= 15 is 0 Å². The van der Waals surface area contributed by atoms with Gasteiger partial charge in [0.2, 0.25) is 0 Å². The second-order valence-electron chi connectivity index (χ2n) is 6.49. The van der Waals surface area contributed by atoms with E-state index in [0.717, 1.165) is 12.0 Å². The van der Waals surface area contributed by atoms with E-state index in [2.05, 4.69) is 49.3 Å².